The smallest absolute Gasteiger partial charge is 0.380 e. The Balaban J connectivity index is 2.08. The van der Waals surface area contributed by atoms with E-state index in [2.05, 4.69) is 5.32 Å². The van der Waals surface area contributed by atoms with Crippen molar-refractivity contribution in [3.05, 3.63) is 0 Å². The highest BCUT2D eigenvalue weighted by Gasteiger charge is 2.29. The fourth-order valence-electron chi connectivity index (χ4n) is 0.859. The minimum Gasteiger partial charge on any atom is -0.380 e. The Kier molecular flexibility index (Phi) is 3.13. The van der Waals surface area contributed by atoms with Crippen LogP contribution in [0.3, 0.4) is 0 Å². The molecular weight excluding hydrogens is 187 g/mol. The number of carbonyl (C=O) groups excluding carboxylic acids is 1. The van der Waals surface area contributed by atoms with E-state index in [1.165, 1.54) is 0 Å². The third-order valence-electron chi connectivity index (χ3n) is 1.72. The zero-order valence-corrected chi connectivity index (χ0v) is 6.86. The molecule has 1 aliphatic heterocycles. The number of halogens is 3. The molecule has 1 saturated heterocycles. The second-order valence-electron chi connectivity index (χ2n) is 2.89. The van der Waals surface area contributed by atoms with Crippen molar-refractivity contribution >= 4 is 5.91 Å². The summed E-state index contributed by atoms with van der Waals surface area (Å²) >= 11 is 0. The highest BCUT2D eigenvalue weighted by molar-refractivity contribution is 5.79. The van der Waals surface area contributed by atoms with Gasteiger partial charge in [-0.15, -0.1) is 0 Å². The van der Waals surface area contributed by atoms with E-state index in [0.29, 0.717) is 13.2 Å². The fraction of sp³-hybridized carbons (Fsp3) is 0.857. The molecule has 0 aromatic rings. The molecule has 13 heavy (non-hydrogen) atoms. The van der Waals surface area contributed by atoms with Crippen LogP contribution in [0.2, 0.25) is 0 Å². The Hall–Kier alpha value is -0.780. The summed E-state index contributed by atoms with van der Waals surface area (Å²) in [5, 5.41) is 2.20. The van der Waals surface area contributed by atoms with Crippen LogP contribution in [0, 0.1) is 5.92 Å². The lowest BCUT2D eigenvalue weighted by Crippen LogP contribution is -2.43. The number of ether oxygens (including phenoxy) is 1. The van der Waals surface area contributed by atoms with Crippen molar-refractivity contribution in [2.45, 2.75) is 12.6 Å². The third kappa shape index (κ3) is 3.63. The maximum absolute atomic E-state index is 11.6. The van der Waals surface area contributed by atoms with Crippen molar-refractivity contribution in [2.75, 3.05) is 19.8 Å². The molecule has 0 aliphatic carbocycles. The van der Waals surface area contributed by atoms with Crippen LogP contribution < -0.4 is 5.32 Å². The highest BCUT2D eigenvalue weighted by Crippen LogP contribution is 2.18. The Labute approximate surface area is 73.2 Å². The zero-order valence-electron chi connectivity index (χ0n) is 6.86. The lowest BCUT2D eigenvalue weighted by molar-refractivity contribution is -0.143. The molecule has 0 bridgehead atoms. The van der Waals surface area contributed by atoms with E-state index < -0.39 is 12.6 Å². The predicted octanol–water partition coefficient (Wildman–Crippen LogP) is 0.701. The van der Waals surface area contributed by atoms with Gasteiger partial charge in [-0.25, -0.2) is 0 Å². The molecule has 0 spiro atoms. The van der Waals surface area contributed by atoms with Gasteiger partial charge in [0.15, 0.2) is 0 Å². The van der Waals surface area contributed by atoms with Crippen molar-refractivity contribution < 1.29 is 22.7 Å². The van der Waals surface area contributed by atoms with Gasteiger partial charge in [-0.2, -0.15) is 13.2 Å². The predicted molar refractivity (Wildman–Crippen MR) is 38.0 cm³/mol. The topological polar surface area (TPSA) is 38.3 Å². The van der Waals surface area contributed by atoms with Gasteiger partial charge in [-0.1, -0.05) is 0 Å². The summed E-state index contributed by atoms with van der Waals surface area (Å²) in [6, 6.07) is 0. The molecule has 1 amide bonds. The number of alkyl halides is 3. The van der Waals surface area contributed by atoms with E-state index in [1.807, 2.05) is 0 Å². The van der Waals surface area contributed by atoms with Crippen molar-refractivity contribution in [1.82, 2.24) is 5.32 Å². The van der Waals surface area contributed by atoms with Gasteiger partial charge in [0.1, 0.15) is 0 Å². The average molecular weight is 197 g/mol. The Bertz CT molecular complexity index is 189. The Morgan fingerprint density at radius 3 is 2.46 bits per heavy atom. The van der Waals surface area contributed by atoms with Gasteiger partial charge in [0.05, 0.1) is 25.6 Å². The largest absolute Gasteiger partial charge is 0.390 e. The number of carbonyl (C=O) groups is 1. The van der Waals surface area contributed by atoms with E-state index in [-0.39, 0.29) is 18.4 Å². The van der Waals surface area contributed by atoms with E-state index in [4.69, 9.17) is 4.74 Å². The molecule has 0 atom stereocenters. The number of nitrogens with one attached hydrogen (secondary N) is 1. The molecule has 0 radical (unpaired) electrons. The molecule has 1 fully saturated rings. The van der Waals surface area contributed by atoms with Gasteiger partial charge >= 0.3 is 6.18 Å². The van der Waals surface area contributed by atoms with Crippen LogP contribution in [0.25, 0.3) is 0 Å². The Morgan fingerprint density at radius 1 is 1.46 bits per heavy atom. The van der Waals surface area contributed by atoms with Crippen LogP contribution in [-0.2, 0) is 9.53 Å². The molecule has 0 saturated carbocycles. The van der Waals surface area contributed by atoms with Crippen LogP contribution in [0.15, 0.2) is 0 Å². The summed E-state index contributed by atoms with van der Waals surface area (Å²) in [7, 11) is 0. The molecular formula is C7H10F3NO2. The molecule has 0 aromatic carbocycles. The van der Waals surface area contributed by atoms with Gasteiger partial charge in [0.25, 0.3) is 0 Å². The maximum atomic E-state index is 11.6. The quantitative estimate of drug-likeness (QED) is 0.723. The monoisotopic (exact) mass is 197 g/mol. The molecule has 1 rings (SSSR count). The standard InChI is InChI=1S/C7H10F3NO2/c8-7(9,10)1-2-11-6(12)5-3-13-4-5/h5H,1-4H2,(H,11,12). The van der Waals surface area contributed by atoms with Gasteiger partial charge in [-0.3, -0.25) is 4.79 Å². The van der Waals surface area contributed by atoms with Crippen LogP contribution in [0.4, 0.5) is 13.2 Å². The van der Waals surface area contributed by atoms with Crippen molar-refractivity contribution in [1.29, 1.82) is 0 Å². The average Bonchev–Trinajstić information content (AvgIpc) is 1.79. The third-order valence-corrected chi connectivity index (χ3v) is 1.72. The van der Waals surface area contributed by atoms with Crippen LogP contribution in [-0.4, -0.2) is 31.8 Å². The molecule has 76 valence electrons. The molecule has 1 N–H and O–H groups in total. The highest BCUT2D eigenvalue weighted by atomic mass is 19.4. The van der Waals surface area contributed by atoms with E-state index in [0.717, 1.165) is 0 Å². The van der Waals surface area contributed by atoms with Gasteiger partial charge in [0.2, 0.25) is 5.91 Å². The molecule has 0 unspecified atom stereocenters. The van der Waals surface area contributed by atoms with Crippen LogP contribution >= 0.6 is 0 Å². The van der Waals surface area contributed by atoms with Crippen LogP contribution in [0.5, 0.6) is 0 Å². The van der Waals surface area contributed by atoms with Crippen molar-refractivity contribution in [2.24, 2.45) is 5.92 Å². The summed E-state index contributed by atoms with van der Waals surface area (Å²) in [6.45, 7) is 0.286. The number of rotatable bonds is 3. The Morgan fingerprint density at radius 2 is 2.08 bits per heavy atom. The molecule has 1 aliphatic rings. The van der Waals surface area contributed by atoms with E-state index in [1.54, 1.807) is 0 Å². The first-order chi connectivity index (χ1) is 5.99. The lowest BCUT2D eigenvalue weighted by Gasteiger charge is -2.24. The lowest BCUT2D eigenvalue weighted by atomic mass is 10.1. The first-order valence-electron chi connectivity index (χ1n) is 3.91. The minimum atomic E-state index is -4.20. The van der Waals surface area contributed by atoms with Crippen molar-refractivity contribution in [3.63, 3.8) is 0 Å². The molecule has 3 nitrogen and oxygen atoms in total. The summed E-state index contributed by atoms with van der Waals surface area (Å²) in [5.74, 6) is -0.608. The maximum Gasteiger partial charge on any atom is 0.390 e. The van der Waals surface area contributed by atoms with Crippen molar-refractivity contribution in [3.8, 4) is 0 Å². The number of hydrogen-bond acceptors (Lipinski definition) is 2. The van der Waals surface area contributed by atoms with Gasteiger partial charge in [-0.05, 0) is 0 Å². The normalized spacial score (nSPS) is 18.1. The first-order valence-corrected chi connectivity index (χ1v) is 3.91. The zero-order chi connectivity index (χ0) is 9.90. The number of hydrogen-bond donors (Lipinski definition) is 1. The number of amides is 1. The molecule has 0 aromatic heterocycles. The van der Waals surface area contributed by atoms with Gasteiger partial charge in [0, 0.05) is 6.54 Å². The molecule has 1 heterocycles. The SMILES string of the molecule is O=C(NCCC(F)(F)F)C1COC1. The minimum absolute atomic E-state index is 0.256. The fourth-order valence-corrected chi connectivity index (χ4v) is 0.859. The summed E-state index contributed by atoms with van der Waals surface area (Å²) < 4.78 is 39.6. The summed E-state index contributed by atoms with van der Waals surface area (Å²) in [4.78, 5) is 11.0. The summed E-state index contributed by atoms with van der Waals surface area (Å²) in [6.07, 6.45) is -5.18. The van der Waals surface area contributed by atoms with E-state index >= 15 is 0 Å². The van der Waals surface area contributed by atoms with Gasteiger partial charge < -0.3 is 10.1 Å². The summed E-state index contributed by atoms with van der Waals surface area (Å²) in [5.41, 5.74) is 0. The first kappa shape index (κ1) is 10.3. The second kappa shape index (κ2) is 3.95. The molecule has 6 heteroatoms. The second-order valence-corrected chi connectivity index (χ2v) is 2.89. The van der Waals surface area contributed by atoms with E-state index in [9.17, 15) is 18.0 Å². The van der Waals surface area contributed by atoms with Crippen LogP contribution in [0.1, 0.15) is 6.42 Å².